The second-order valence-electron chi connectivity index (χ2n) is 6.15. The smallest absolute Gasteiger partial charge is 0.0338 e. The molecule has 0 spiro atoms. The summed E-state index contributed by atoms with van der Waals surface area (Å²) in [7, 11) is 0. The molecule has 0 unspecified atom stereocenters. The van der Waals surface area contributed by atoms with Gasteiger partial charge in [0.15, 0.2) is 0 Å². The molecule has 0 saturated carbocycles. The van der Waals surface area contributed by atoms with E-state index in [0.717, 1.165) is 29.4 Å². The Morgan fingerprint density at radius 2 is 1.32 bits per heavy atom. The molecule has 0 atom stereocenters. The molecule has 0 fully saturated rings. The van der Waals surface area contributed by atoms with Gasteiger partial charge in [-0.3, -0.25) is 5.84 Å². The summed E-state index contributed by atoms with van der Waals surface area (Å²) < 4.78 is 2.21. The zero-order valence-electron chi connectivity index (χ0n) is 14.1. The Kier molecular flexibility index (Phi) is 9.40. The highest BCUT2D eigenvalue weighted by atomic mass is 15.2. The van der Waals surface area contributed by atoms with Crippen molar-refractivity contribution in [1.82, 2.24) is 9.99 Å². The fraction of sp³-hybridized carbons (Fsp3) is 0.579. The van der Waals surface area contributed by atoms with Gasteiger partial charge in [0.25, 0.3) is 0 Å². The lowest BCUT2D eigenvalue weighted by Crippen LogP contribution is -2.24. The number of hydrazine groups is 1. The van der Waals surface area contributed by atoms with Gasteiger partial charge < -0.3 is 9.99 Å². The number of hydrogen-bond donors (Lipinski definition) is 2. The molecule has 1 aromatic rings. The van der Waals surface area contributed by atoms with Crippen LogP contribution in [-0.4, -0.2) is 4.57 Å². The monoisotopic (exact) mass is 303 g/mol. The van der Waals surface area contributed by atoms with Crippen molar-refractivity contribution in [3.05, 3.63) is 35.1 Å². The summed E-state index contributed by atoms with van der Waals surface area (Å²) in [5.41, 5.74) is 3.55. The van der Waals surface area contributed by atoms with Crippen molar-refractivity contribution >= 4 is 13.2 Å². The van der Waals surface area contributed by atoms with Crippen molar-refractivity contribution in [1.29, 1.82) is 0 Å². The van der Waals surface area contributed by atoms with Gasteiger partial charge in [0, 0.05) is 22.9 Å². The summed E-state index contributed by atoms with van der Waals surface area (Å²) in [5.74, 6) is 5.28. The van der Waals surface area contributed by atoms with Crippen LogP contribution in [-0.2, 0) is 6.54 Å². The van der Waals surface area contributed by atoms with Crippen LogP contribution >= 0.6 is 0 Å². The maximum Gasteiger partial charge on any atom is 0.0338 e. The summed E-state index contributed by atoms with van der Waals surface area (Å²) in [4.78, 5) is 0. The van der Waals surface area contributed by atoms with Crippen LogP contribution in [0.4, 0.5) is 0 Å². The average molecular weight is 303 g/mol. The molecule has 0 aliphatic rings. The standard InChI is InChI=1S/C19H33N3/c1-17(21-20)13-11-9-7-5-4-6-8-10-12-16-22-18(2)14-15-19(22)3/h14-15,21H,1-13,16,20H2. The van der Waals surface area contributed by atoms with Crippen molar-refractivity contribution in [2.75, 3.05) is 0 Å². The second kappa shape index (κ2) is 11.1. The van der Waals surface area contributed by atoms with Gasteiger partial charge in [0.2, 0.25) is 0 Å². The van der Waals surface area contributed by atoms with Crippen LogP contribution in [0, 0.1) is 0 Å². The largest absolute Gasteiger partial charge is 0.343 e. The minimum atomic E-state index is 0.943. The van der Waals surface area contributed by atoms with E-state index >= 15 is 0 Å². The molecular formula is C19H33N3. The summed E-state index contributed by atoms with van der Waals surface area (Å²) in [6.07, 6.45) is 12.8. The highest BCUT2D eigenvalue weighted by Gasteiger charge is 1.96. The van der Waals surface area contributed by atoms with Crippen molar-refractivity contribution < 1.29 is 0 Å². The maximum atomic E-state index is 5.28. The van der Waals surface area contributed by atoms with Crippen LogP contribution in [0.15, 0.2) is 24.4 Å². The third-order valence-electron chi connectivity index (χ3n) is 4.23. The Labute approximate surface area is 135 Å². The summed E-state index contributed by atoms with van der Waals surface area (Å²) in [6.45, 7) is 12.9. The topological polar surface area (TPSA) is 43.0 Å². The minimum absolute atomic E-state index is 0.943. The highest BCUT2D eigenvalue weighted by Crippen LogP contribution is 2.11. The van der Waals surface area contributed by atoms with Crippen LogP contribution in [0.1, 0.15) is 64.2 Å². The Bertz CT molecular complexity index is 488. The van der Waals surface area contributed by atoms with E-state index in [9.17, 15) is 0 Å². The SMILES string of the molecule is C=C(CCCCCCCCCCCn1c(=C)ccc1=C)NN. The lowest BCUT2D eigenvalue weighted by Gasteiger charge is -2.06. The maximum absolute atomic E-state index is 5.28. The summed E-state index contributed by atoms with van der Waals surface area (Å²) >= 11 is 0. The van der Waals surface area contributed by atoms with Crippen molar-refractivity contribution in [3.8, 4) is 0 Å². The molecule has 3 nitrogen and oxygen atoms in total. The summed E-state index contributed by atoms with van der Waals surface area (Å²) in [5, 5.41) is 2.16. The van der Waals surface area contributed by atoms with Gasteiger partial charge in [-0.1, -0.05) is 64.7 Å². The first kappa shape index (κ1) is 18.6. The highest BCUT2D eigenvalue weighted by molar-refractivity contribution is 5.08. The lowest BCUT2D eigenvalue weighted by molar-refractivity contribution is 0.529. The van der Waals surface area contributed by atoms with Gasteiger partial charge in [0.05, 0.1) is 0 Å². The number of nitrogens with one attached hydrogen (secondary N) is 1. The van der Waals surface area contributed by atoms with Crippen LogP contribution < -0.4 is 22.0 Å². The van der Waals surface area contributed by atoms with Gasteiger partial charge in [0.1, 0.15) is 0 Å². The van der Waals surface area contributed by atoms with Gasteiger partial charge in [-0.2, -0.15) is 0 Å². The lowest BCUT2D eigenvalue weighted by atomic mass is 10.1. The Morgan fingerprint density at radius 3 is 1.82 bits per heavy atom. The predicted molar refractivity (Wildman–Crippen MR) is 97.4 cm³/mol. The number of nitrogens with two attached hydrogens (primary N) is 1. The molecule has 1 aromatic heterocycles. The van der Waals surface area contributed by atoms with Gasteiger partial charge >= 0.3 is 0 Å². The molecule has 0 saturated heterocycles. The molecule has 1 rings (SSSR count). The zero-order chi connectivity index (χ0) is 16.2. The molecule has 0 aromatic carbocycles. The van der Waals surface area contributed by atoms with E-state index < -0.39 is 0 Å². The molecule has 1 heterocycles. The molecule has 22 heavy (non-hydrogen) atoms. The van der Waals surface area contributed by atoms with E-state index in [0.29, 0.717) is 0 Å². The van der Waals surface area contributed by atoms with Gasteiger partial charge in [-0.25, -0.2) is 0 Å². The first-order valence-corrected chi connectivity index (χ1v) is 8.63. The number of allylic oxidation sites excluding steroid dienone is 1. The summed E-state index contributed by atoms with van der Waals surface area (Å²) in [6, 6.07) is 4.09. The minimum Gasteiger partial charge on any atom is -0.343 e. The molecule has 0 bridgehead atoms. The van der Waals surface area contributed by atoms with Gasteiger partial charge in [-0.05, 0) is 31.4 Å². The van der Waals surface area contributed by atoms with E-state index in [2.05, 4.69) is 29.7 Å². The first-order chi connectivity index (χ1) is 10.6. The number of rotatable bonds is 13. The molecule has 0 radical (unpaired) electrons. The average Bonchev–Trinajstić information content (AvgIpc) is 2.83. The molecule has 124 valence electrons. The fourth-order valence-corrected chi connectivity index (χ4v) is 2.76. The Balaban J connectivity index is 1.89. The van der Waals surface area contributed by atoms with Crippen molar-refractivity contribution in [2.24, 2.45) is 5.84 Å². The molecule has 0 amide bonds. The molecule has 0 aliphatic carbocycles. The van der Waals surface area contributed by atoms with Crippen LogP contribution in [0.3, 0.4) is 0 Å². The number of nitrogens with zero attached hydrogens (tertiary/aromatic N) is 1. The van der Waals surface area contributed by atoms with Crippen molar-refractivity contribution in [2.45, 2.75) is 70.8 Å². The first-order valence-electron chi connectivity index (χ1n) is 8.63. The van der Waals surface area contributed by atoms with E-state index in [4.69, 9.17) is 5.84 Å². The van der Waals surface area contributed by atoms with Crippen molar-refractivity contribution in [3.63, 3.8) is 0 Å². The molecule has 3 heteroatoms. The second-order valence-corrected chi connectivity index (χ2v) is 6.15. The fourth-order valence-electron chi connectivity index (χ4n) is 2.76. The molecule has 3 N–H and O–H groups in total. The quantitative estimate of drug-likeness (QED) is 0.334. The van der Waals surface area contributed by atoms with Crippen LogP contribution in [0.2, 0.25) is 0 Å². The third kappa shape index (κ3) is 7.51. The number of aromatic nitrogens is 1. The van der Waals surface area contributed by atoms with E-state index in [1.807, 2.05) is 12.1 Å². The third-order valence-corrected chi connectivity index (χ3v) is 4.23. The van der Waals surface area contributed by atoms with E-state index in [1.165, 1.54) is 57.8 Å². The van der Waals surface area contributed by atoms with Gasteiger partial charge in [-0.15, -0.1) is 0 Å². The number of hydrogen-bond acceptors (Lipinski definition) is 2. The normalized spacial score (nSPS) is 10.8. The Morgan fingerprint density at radius 1 is 0.864 bits per heavy atom. The van der Waals surface area contributed by atoms with Crippen LogP contribution in [0.5, 0.6) is 0 Å². The van der Waals surface area contributed by atoms with Crippen LogP contribution in [0.25, 0.3) is 13.2 Å². The Hall–Kier alpha value is -1.48. The predicted octanol–water partition coefficient (Wildman–Crippen LogP) is 3.19. The zero-order valence-corrected chi connectivity index (χ0v) is 14.1. The molecular weight excluding hydrogens is 270 g/mol. The van der Waals surface area contributed by atoms with E-state index in [-0.39, 0.29) is 0 Å². The van der Waals surface area contributed by atoms with E-state index in [1.54, 1.807) is 0 Å². The number of unbranched alkanes of at least 4 members (excludes halogenated alkanes) is 8. The molecule has 0 aliphatic heterocycles.